The number of aryl methyl sites for hydroxylation is 1. The number of nitrogens with zero attached hydrogens (tertiary/aromatic N) is 1. The smallest absolute Gasteiger partial charge is 0.237 e. The highest BCUT2D eigenvalue weighted by Gasteiger charge is 2.32. The quantitative estimate of drug-likeness (QED) is 0.785. The number of carbonyl (C=O) groups is 2. The van der Waals surface area contributed by atoms with Crippen molar-refractivity contribution < 1.29 is 14.3 Å². The molecule has 0 bridgehead atoms. The topological polar surface area (TPSA) is 46.6 Å². The molecule has 0 aromatic heterocycles. The Morgan fingerprint density at radius 2 is 1.82 bits per heavy atom. The van der Waals surface area contributed by atoms with E-state index >= 15 is 0 Å². The Labute approximate surface area is 131 Å². The third-order valence-electron chi connectivity index (χ3n) is 3.80. The summed E-state index contributed by atoms with van der Waals surface area (Å²) in [7, 11) is 3.92. The predicted octanol–water partition coefficient (Wildman–Crippen LogP) is 2.74. The zero-order valence-electron chi connectivity index (χ0n) is 13.9. The zero-order valence-corrected chi connectivity index (χ0v) is 13.9. The maximum absolute atomic E-state index is 12.5. The van der Waals surface area contributed by atoms with E-state index in [2.05, 4.69) is 0 Å². The lowest BCUT2D eigenvalue weighted by molar-refractivity contribution is -0.112. The molecular formula is C18H23NO3. The minimum absolute atomic E-state index is 0.0315. The molecule has 0 saturated carbocycles. The van der Waals surface area contributed by atoms with Crippen molar-refractivity contribution >= 4 is 17.6 Å². The summed E-state index contributed by atoms with van der Waals surface area (Å²) in [6.07, 6.45) is 1.82. The van der Waals surface area contributed by atoms with E-state index in [0.29, 0.717) is 23.5 Å². The fourth-order valence-corrected chi connectivity index (χ4v) is 2.48. The van der Waals surface area contributed by atoms with E-state index in [1.165, 1.54) is 0 Å². The van der Waals surface area contributed by atoms with E-state index < -0.39 is 11.6 Å². The van der Waals surface area contributed by atoms with Crippen LogP contribution in [0.3, 0.4) is 0 Å². The van der Waals surface area contributed by atoms with Gasteiger partial charge < -0.3 is 9.64 Å². The molecule has 22 heavy (non-hydrogen) atoms. The lowest BCUT2D eigenvalue weighted by Gasteiger charge is -2.21. The monoisotopic (exact) mass is 301 g/mol. The molecule has 1 aliphatic carbocycles. The number of likely N-dealkylation sites (N-methyl/N-ethyl adjacent to an activating group) is 1. The molecule has 2 rings (SSSR count). The van der Waals surface area contributed by atoms with Crippen molar-refractivity contribution in [2.24, 2.45) is 5.92 Å². The van der Waals surface area contributed by atoms with Gasteiger partial charge >= 0.3 is 0 Å². The zero-order chi connectivity index (χ0) is 16.4. The molecule has 1 aromatic carbocycles. The van der Waals surface area contributed by atoms with Crippen LogP contribution in [0.4, 0.5) is 0 Å². The summed E-state index contributed by atoms with van der Waals surface area (Å²) in [5, 5.41) is 0. The number of hydrogen-bond donors (Lipinski definition) is 0. The lowest BCUT2D eigenvalue weighted by atomic mass is 9.84. The molecule has 0 aliphatic heterocycles. The first-order chi connectivity index (χ1) is 10.3. The second-order valence-electron chi connectivity index (χ2n) is 6.24. The van der Waals surface area contributed by atoms with E-state index in [4.69, 9.17) is 4.74 Å². The molecule has 0 amide bonds. The summed E-state index contributed by atoms with van der Waals surface area (Å²) in [6, 6.07) is 3.82. The molecule has 0 N–H and O–H groups in total. The number of ether oxygens (including phenoxy) is 1. The number of rotatable bonds is 5. The van der Waals surface area contributed by atoms with E-state index in [0.717, 1.165) is 17.7 Å². The van der Waals surface area contributed by atoms with Crippen LogP contribution in [-0.2, 0) is 4.79 Å². The van der Waals surface area contributed by atoms with Gasteiger partial charge in [-0.3, -0.25) is 9.59 Å². The van der Waals surface area contributed by atoms with Crippen molar-refractivity contribution in [2.75, 3.05) is 27.2 Å². The highest BCUT2D eigenvalue weighted by molar-refractivity contribution is 6.52. The molecule has 4 nitrogen and oxygen atoms in total. The van der Waals surface area contributed by atoms with Gasteiger partial charge in [-0.25, -0.2) is 0 Å². The van der Waals surface area contributed by atoms with Crippen LogP contribution in [0.1, 0.15) is 35.3 Å². The Morgan fingerprint density at radius 3 is 2.41 bits per heavy atom. The highest BCUT2D eigenvalue weighted by atomic mass is 16.5. The molecule has 0 saturated heterocycles. The third kappa shape index (κ3) is 3.12. The van der Waals surface area contributed by atoms with Crippen molar-refractivity contribution in [1.82, 2.24) is 4.90 Å². The van der Waals surface area contributed by atoms with Gasteiger partial charge in [-0.15, -0.1) is 0 Å². The lowest BCUT2D eigenvalue weighted by Crippen LogP contribution is -2.26. The van der Waals surface area contributed by atoms with Crippen LogP contribution < -0.4 is 4.74 Å². The van der Waals surface area contributed by atoms with E-state index in [1.807, 2.05) is 58.0 Å². The number of carbonyl (C=O) groups excluding carboxylic acids is 2. The van der Waals surface area contributed by atoms with Crippen LogP contribution >= 0.6 is 0 Å². The van der Waals surface area contributed by atoms with E-state index in [-0.39, 0.29) is 5.92 Å². The molecule has 0 spiro atoms. The normalized spacial score (nSPS) is 14.4. The molecule has 118 valence electrons. The van der Waals surface area contributed by atoms with Crippen LogP contribution in [0.5, 0.6) is 5.75 Å². The number of Topliss-reactive ketones (excluding diaryl/α,β-unsaturated/α-hetero) is 2. The average molecular weight is 301 g/mol. The molecule has 1 aliphatic rings. The van der Waals surface area contributed by atoms with Crippen molar-refractivity contribution in [3.63, 3.8) is 0 Å². The first-order valence-corrected chi connectivity index (χ1v) is 7.54. The van der Waals surface area contributed by atoms with Gasteiger partial charge in [0, 0.05) is 12.1 Å². The largest absolute Gasteiger partial charge is 0.491 e. The van der Waals surface area contributed by atoms with Gasteiger partial charge in [0.2, 0.25) is 11.6 Å². The van der Waals surface area contributed by atoms with Crippen LogP contribution in [-0.4, -0.2) is 43.7 Å². The Hall–Kier alpha value is -1.94. The Morgan fingerprint density at radius 1 is 1.14 bits per heavy atom. The summed E-state index contributed by atoms with van der Waals surface area (Å²) < 4.78 is 5.82. The number of allylic oxidation sites excluding steroid dienone is 1. The fourth-order valence-electron chi connectivity index (χ4n) is 2.48. The molecule has 0 fully saturated rings. The van der Waals surface area contributed by atoms with E-state index in [1.54, 1.807) is 0 Å². The number of hydrogen-bond acceptors (Lipinski definition) is 4. The average Bonchev–Trinajstić information content (AvgIpc) is 2.44. The van der Waals surface area contributed by atoms with Gasteiger partial charge in [0.25, 0.3) is 0 Å². The second kappa shape index (κ2) is 6.44. The van der Waals surface area contributed by atoms with Gasteiger partial charge in [-0.1, -0.05) is 26.0 Å². The second-order valence-corrected chi connectivity index (χ2v) is 6.24. The summed E-state index contributed by atoms with van der Waals surface area (Å²) in [5.74, 6) is -0.295. The SMILES string of the molecule is Cc1ccc2c(c1OCCN(C)C)C(=O)C(=O)C(C(C)C)=C2. The molecule has 4 heteroatoms. The number of ketones is 2. The number of fused-ring (bicyclic) bond motifs is 1. The van der Waals surface area contributed by atoms with E-state index in [9.17, 15) is 9.59 Å². The van der Waals surface area contributed by atoms with Crippen molar-refractivity contribution in [1.29, 1.82) is 0 Å². The molecule has 0 atom stereocenters. The Kier molecular flexibility index (Phi) is 4.81. The van der Waals surface area contributed by atoms with Gasteiger partial charge in [0.05, 0.1) is 5.56 Å². The number of benzene rings is 1. The van der Waals surface area contributed by atoms with Gasteiger partial charge in [0.15, 0.2) is 0 Å². The fraction of sp³-hybridized carbons (Fsp3) is 0.444. The molecular weight excluding hydrogens is 278 g/mol. The molecule has 1 aromatic rings. The molecule has 0 heterocycles. The van der Waals surface area contributed by atoms with Crippen LogP contribution in [0.2, 0.25) is 0 Å². The maximum Gasteiger partial charge on any atom is 0.237 e. The van der Waals surface area contributed by atoms with Crippen molar-refractivity contribution in [3.8, 4) is 5.75 Å². The summed E-state index contributed by atoms with van der Waals surface area (Å²) in [5.41, 5.74) is 2.63. The Bertz CT molecular complexity index is 642. The van der Waals surface area contributed by atoms with Crippen LogP contribution in [0, 0.1) is 12.8 Å². The molecule has 0 unspecified atom stereocenters. The minimum Gasteiger partial charge on any atom is -0.491 e. The van der Waals surface area contributed by atoms with Gasteiger partial charge in [0.1, 0.15) is 12.4 Å². The first-order valence-electron chi connectivity index (χ1n) is 7.54. The standard InChI is InChI=1S/C18H23NO3/c1-11(2)14-10-13-7-6-12(3)18(22-9-8-19(4)5)15(13)17(21)16(14)20/h6-7,10-11H,8-9H2,1-5H3. The van der Waals surface area contributed by atoms with Gasteiger partial charge in [-0.2, -0.15) is 0 Å². The molecule has 0 radical (unpaired) electrons. The minimum atomic E-state index is -0.454. The van der Waals surface area contributed by atoms with Crippen LogP contribution in [0.25, 0.3) is 6.08 Å². The Balaban J connectivity index is 2.45. The third-order valence-corrected chi connectivity index (χ3v) is 3.80. The maximum atomic E-state index is 12.5. The summed E-state index contributed by atoms with van der Waals surface area (Å²) >= 11 is 0. The van der Waals surface area contributed by atoms with Crippen molar-refractivity contribution in [2.45, 2.75) is 20.8 Å². The van der Waals surface area contributed by atoms with Crippen LogP contribution in [0.15, 0.2) is 17.7 Å². The van der Waals surface area contributed by atoms with Gasteiger partial charge in [-0.05, 0) is 44.1 Å². The highest BCUT2D eigenvalue weighted by Crippen LogP contribution is 2.34. The summed E-state index contributed by atoms with van der Waals surface area (Å²) in [4.78, 5) is 26.8. The summed E-state index contributed by atoms with van der Waals surface area (Å²) in [6.45, 7) is 6.96. The predicted molar refractivity (Wildman–Crippen MR) is 87.4 cm³/mol. The van der Waals surface area contributed by atoms with Crippen molar-refractivity contribution in [3.05, 3.63) is 34.4 Å². The first kappa shape index (κ1) is 16.4.